The predicted octanol–water partition coefficient (Wildman–Crippen LogP) is 0.752. The van der Waals surface area contributed by atoms with E-state index in [4.69, 9.17) is 0 Å². The number of rotatable bonds is 4. The Morgan fingerprint density at radius 1 is 1.30 bits per heavy atom. The molecule has 142 valence electrons. The standard InChI is InChI=1S/C20H24N4O3/c1-23(2)19(27)15-8-21-9-17(22-15)24-10-16(26)20(12-24)14(11-25)18(20)13-6-4-3-5-7-13/h3-9,14,16,18,25-26H,10-12H2,1-2H3/t14-,16-,18-,20-/m1/s1. The SMILES string of the molecule is CN(C)C(=O)c1cncc(N2C[C@@H](O)[C@@]3(C2)[C@H](CO)[C@H]3c2ccccc2)n1. The van der Waals surface area contributed by atoms with Crippen molar-refractivity contribution in [3.05, 3.63) is 54.0 Å². The Morgan fingerprint density at radius 2 is 2.04 bits per heavy atom. The number of aliphatic hydroxyl groups excluding tert-OH is 2. The molecular formula is C20H24N4O3. The van der Waals surface area contributed by atoms with Crippen LogP contribution < -0.4 is 4.90 Å². The molecule has 2 heterocycles. The summed E-state index contributed by atoms with van der Waals surface area (Å²) in [5.74, 6) is 0.498. The average molecular weight is 368 g/mol. The Hall–Kier alpha value is -2.51. The van der Waals surface area contributed by atoms with Crippen molar-refractivity contribution in [2.75, 3.05) is 38.7 Å². The minimum Gasteiger partial charge on any atom is -0.396 e. The van der Waals surface area contributed by atoms with Crippen molar-refractivity contribution in [1.82, 2.24) is 14.9 Å². The molecule has 1 aromatic carbocycles. The summed E-state index contributed by atoms with van der Waals surface area (Å²) in [5.41, 5.74) is 1.03. The highest BCUT2D eigenvalue weighted by Crippen LogP contribution is 2.68. The van der Waals surface area contributed by atoms with Gasteiger partial charge >= 0.3 is 0 Å². The fourth-order valence-electron chi connectivity index (χ4n) is 4.58. The zero-order valence-corrected chi connectivity index (χ0v) is 15.5. The molecule has 2 aliphatic rings. The lowest BCUT2D eigenvalue weighted by atomic mass is 9.95. The molecule has 1 amide bonds. The van der Waals surface area contributed by atoms with E-state index >= 15 is 0 Å². The smallest absolute Gasteiger partial charge is 0.273 e. The third kappa shape index (κ3) is 2.78. The second-order valence-electron chi connectivity index (χ2n) is 7.65. The first-order valence-electron chi connectivity index (χ1n) is 9.11. The molecule has 0 bridgehead atoms. The van der Waals surface area contributed by atoms with Gasteiger partial charge in [-0.2, -0.15) is 0 Å². The van der Waals surface area contributed by atoms with Gasteiger partial charge < -0.3 is 20.0 Å². The maximum atomic E-state index is 12.2. The van der Waals surface area contributed by atoms with Crippen LogP contribution >= 0.6 is 0 Å². The monoisotopic (exact) mass is 368 g/mol. The first kappa shape index (κ1) is 17.9. The number of hydrogen-bond acceptors (Lipinski definition) is 6. The summed E-state index contributed by atoms with van der Waals surface area (Å²) >= 11 is 0. The largest absolute Gasteiger partial charge is 0.396 e. The highest BCUT2D eigenvalue weighted by Gasteiger charge is 2.71. The van der Waals surface area contributed by atoms with E-state index in [-0.39, 0.29) is 35.5 Å². The molecule has 2 fully saturated rings. The highest BCUT2D eigenvalue weighted by molar-refractivity contribution is 5.91. The number of benzene rings is 1. The number of hydrogen-bond donors (Lipinski definition) is 2. The first-order chi connectivity index (χ1) is 13.0. The van der Waals surface area contributed by atoms with Gasteiger partial charge in [0.2, 0.25) is 0 Å². The molecule has 1 aliphatic carbocycles. The van der Waals surface area contributed by atoms with Gasteiger partial charge in [0.05, 0.1) is 18.5 Å². The number of β-amino-alcohol motifs (C(OH)–C–C–N with tert-alkyl or cyclic N) is 1. The van der Waals surface area contributed by atoms with Crippen LogP contribution in [0.1, 0.15) is 22.0 Å². The molecule has 4 atom stereocenters. The zero-order valence-electron chi connectivity index (χ0n) is 15.5. The van der Waals surface area contributed by atoms with Crippen LogP contribution in [0, 0.1) is 11.3 Å². The first-order valence-corrected chi connectivity index (χ1v) is 9.11. The fraction of sp³-hybridized carbons (Fsp3) is 0.450. The van der Waals surface area contributed by atoms with E-state index in [1.54, 1.807) is 20.3 Å². The lowest BCUT2D eigenvalue weighted by Crippen LogP contribution is -2.26. The van der Waals surface area contributed by atoms with Crippen molar-refractivity contribution >= 4 is 11.7 Å². The summed E-state index contributed by atoms with van der Waals surface area (Å²) in [4.78, 5) is 24.2. The third-order valence-corrected chi connectivity index (χ3v) is 5.97. The van der Waals surface area contributed by atoms with Gasteiger partial charge in [-0.15, -0.1) is 0 Å². The summed E-state index contributed by atoms with van der Waals surface area (Å²) in [6.45, 7) is 1.02. The molecule has 1 saturated carbocycles. The normalized spacial score (nSPS) is 29.2. The van der Waals surface area contributed by atoms with E-state index in [2.05, 4.69) is 9.97 Å². The lowest BCUT2D eigenvalue weighted by Gasteiger charge is -2.18. The number of aliphatic hydroxyl groups is 2. The molecule has 0 radical (unpaired) electrons. The Bertz CT molecular complexity index is 844. The Balaban J connectivity index is 1.61. The van der Waals surface area contributed by atoms with E-state index in [1.165, 1.54) is 11.1 Å². The second-order valence-corrected chi connectivity index (χ2v) is 7.65. The van der Waals surface area contributed by atoms with Crippen molar-refractivity contribution in [2.24, 2.45) is 11.3 Å². The van der Waals surface area contributed by atoms with Crippen LogP contribution in [-0.2, 0) is 0 Å². The second kappa shape index (κ2) is 6.58. The van der Waals surface area contributed by atoms with E-state index in [0.717, 1.165) is 5.56 Å². The van der Waals surface area contributed by atoms with Crippen molar-refractivity contribution in [1.29, 1.82) is 0 Å². The van der Waals surface area contributed by atoms with Crippen molar-refractivity contribution in [3.8, 4) is 0 Å². The Kier molecular flexibility index (Phi) is 4.36. The van der Waals surface area contributed by atoms with Gasteiger partial charge in [0, 0.05) is 39.2 Å². The van der Waals surface area contributed by atoms with Crippen LogP contribution in [0.4, 0.5) is 5.82 Å². The molecule has 7 nitrogen and oxygen atoms in total. The summed E-state index contributed by atoms with van der Waals surface area (Å²) < 4.78 is 0. The van der Waals surface area contributed by atoms with E-state index < -0.39 is 6.10 Å². The molecule has 0 unspecified atom stereocenters. The Labute approximate surface area is 158 Å². The Morgan fingerprint density at radius 3 is 2.70 bits per heavy atom. The van der Waals surface area contributed by atoms with Gasteiger partial charge in [-0.25, -0.2) is 4.98 Å². The van der Waals surface area contributed by atoms with Gasteiger partial charge in [-0.1, -0.05) is 30.3 Å². The summed E-state index contributed by atoms with van der Waals surface area (Å²) in [5, 5.41) is 20.8. The number of nitrogens with zero attached hydrogens (tertiary/aromatic N) is 4. The molecule has 2 N–H and O–H groups in total. The van der Waals surface area contributed by atoms with Crippen LogP contribution in [0.15, 0.2) is 42.7 Å². The van der Waals surface area contributed by atoms with Crippen molar-refractivity contribution in [2.45, 2.75) is 12.0 Å². The minimum absolute atomic E-state index is 0.0134. The summed E-state index contributed by atoms with van der Waals surface area (Å²) in [7, 11) is 3.34. The number of carbonyl (C=O) groups is 1. The van der Waals surface area contributed by atoms with Gasteiger partial charge in [0.25, 0.3) is 5.91 Å². The molecule has 1 aliphatic heterocycles. The van der Waals surface area contributed by atoms with Gasteiger partial charge in [0.15, 0.2) is 0 Å². The minimum atomic E-state index is -0.574. The van der Waals surface area contributed by atoms with Gasteiger partial charge in [0.1, 0.15) is 11.5 Å². The van der Waals surface area contributed by atoms with Crippen LogP contribution in [0.25, 0.3) is 0 Å². The van der Waals surface area contributed by atoms with Gasteiger partial charge in [-0.05, 0) is 17.4 Å². The molecule has 27 heavy (non-hydrogen) atoms. The number of anilines is 1. The molecule has 1 spiro atoms. The lowest BCUT2D eigenvalue weighted by molar-refractivity contribution is 0.0821. The zero-order chi connectivity index (χ0) is 19.2. The average Bonchev–Trinajstić information content (AvgIpc) is 3.22. The van der Waals surface area contributed by atoms with Crippen LogP contribution in [0.5, 0.6) is 0 Å². The van der Waals surface area contributed by atoms with Crippen molar-refractivity contribution < 1.29 is 15.0 Å². The van der Waals surface area contributed by atoms with Crippen molar-refractivity contribution in [3.63, 3.8) is 0 Å². The molecule has 2 aromatic rings. The van der Waals surface area contributed by atoms with E-state index in [0.29, 0.717) is 18.9 Å². The molecule has 1 aromatic heterocycles. The quantitative estimate of drug-likeness (QED) is 0.828. The van der Waals surface area contributed by atoms with E-state index in [9.17, 15) is 15.0 Å². The number of aromatic nitrogens is 2. The van der Waals surface area contributed by atoms with E-state index in [1.807, 2.05) is 35.2 Å². The number of carbonyl (C=O) groups excluding carboxylic acids is 1. The third-order valence-electron chi connectivity index (χ3n) is 5.97. The van der Waals surface area contributed by atoms with Crippen LogP contribution in [0.3, 0.4) is 0 Å². The maximum absolute atomic E-state index is 12.2. The molecule has 7 heteroatoms. The van der Waals surface area contributed by atoms with Gasteiger partial charge in [-0.3, -0.25) is 9.78 Å². The molecular weight excluding hydrogens is 344 g/mol. The fourth-order valence-corrected chi connectivity index (χ4v) is 4.58. The van der Waals surface area contributed by atoms with Crippen LogP contribution in [0.2, 0.25) is 0 Å². The number of amides is 1. The topological polar surface area (TPSA) is 89.8 Å². The molecule has 4 rings (SSSR count). The van der Waals surface area contributed by atoms with Crippen LogP contribution in [-0.4, -0.2) is 70.9 Å². The predicted molar refractivity (Wildman–Crippen MR) is 100 cm³/mol. The maximum Gasteiger partial charge on any atom is 0.273 e. The summed E-state index contributed by atoms with van der Waals surface area (Å²) in [6.07, 6.45) is 2.50. The molecule has 1 saturated heterocycles. The summed E-state index contributed by atoms with van der Waals surface area (Å²) in [6, 6.07) is 10.0. The highest BCUT2D eigenvalue weighted by atomic mass is 16.3.